The van der Waals surface area contributed by atoms with E-state index in [1.807, 2.05) is 6.92 Å². The number of ether oxygens (including phenoxy) is 2. The first-order valence-corrected chi connectivity index (χ1v) is 5.89. The van der Waals surface area contributed by atoms with Gasteiger partial charge in [-0.25, -0.2) is 0 Å². The zero-order valence-corrected chi connectivity index (χ0v) is 11.3. The average molecular weight is 266 g/mol. The number of nitrogens with zero attached hydrogens (tertiary/aromatic N) is 1. The van der Waals surface area contributed by atoms with Crippen molar-refractivity contribution in [3.05, 3.63) is 23.8 Å². The molecule has 0 heterocycles. The minimum Gasteiger partial charge on any atom is -0.497 e. The Labute approximate surface area is 112 Å². The fourth-order valence-corrected chi connectivity index (χ4v) is 1.49. The summed E-state index contributed by atoms with van der Waals surface area (Å²) in [5, 5.41) is 14.6. The van der Waals surface area contributed by atoms with Gasteiger partial charge in [0, 0.05) is 18.2 Å². The first-order valence-electron chi connectivity index (χ1n) is 5.89. The summed E-state index contributed by atoms with van der Waals surface area (Å²) in [5.41, 5.74) is 1.00. The number of methoxy groups -OCH3 is 1. The number of benzene rings is 1. The highest BCUT2D eigenvalue weighted by molar-refractivity contribution is 6.01. The monoisotopic (exact) mass is 266 g/mol. The molecule has 19 heavy (non-hydrogen) atoms. The van der Waals surface area contributed by atoms with E-state index in [-0.39, 0.29) is 12.5 Å². The summed E-state index contributed by atoms with van der Waals surface area (Å²) in [6.45, 7) is 3.91. The van der Waals surface area contributed by atoms with Crippen molar-refractivity contribution < 1.29 is 19.5 Å². The Morgan fingerprint density at radius 3 is 2.79 bits per heavy atom. The number of hydrogen-bond acceptors (Lipinski definition) is 5. The van der Waals surface area contributed by atoms with Crippen LogP contribution in [0.15, 0.2) is 23.4 Å². The molecular weight excluding hydrogens is 248 g/mol. The van der Waals surface area contributed by atoms with Gasteiger partial charge in [-0.15, -0.1) is 0 Å². The van der Waals surface area contributed by atoms with E-state index in [4.69, 9.17) is 14.7 Å². The smallest absolute Gasteiger partial charge is 0.257 e. The highest BCUT2D eigenvalue weighted by Crippen LogP contribution is 2.25. The van der Waals surface area contributed by atoms with Crippen LogP contribution in [0.5, 0.6) is 11.5 Å². The summed E-state index contributed by atoms with van der Waals surface area (Å²) in [7, 11) is 1.54. The van der Waals surface area contributed by atoms with Crippen molar-refractivity contribution in [1.82, 2.24) is 5.32 Å². The van der Waals surface area contributed by atoms with Crippen LogP contribution in [0.25, 0.3) is 0 Å². The Hall–Kier alpha value is -2.24. The molecule has 1 aromatic rings. The topological polar surface area (TPSA) is 80.2 Å². The molecule has 0 aliphatic carbocycles. The molecular formula is C13H18N2O4. The van der Waals surface area contributed by atoms with Gasteiger partial charge >= 0.3 is 0 Å². The van der Waals surface area contributed by atoms with E-state index in [0.717, 1.165) is 0 Å². The molecule has 1 aromatic carbocycles. The second kappa shape index (κ2) is 7.25. The van der Waals surface area contributed by atoms with Gasteiger partial charge in [-0.1, -0.05) is 5.16 Å². The number of likely N-dealkylation sites (N-methyl/N-ethyl adjacent to an activating group) is 1. The maximum absolute atomic E-state index is 11.4. The molecule has 0 spiro atoms. The number of amides is 1. The first-order chi connectivity index (χ1) is 9.12. The van der Waals surface area contributed by atoms with E-state index in [1.54, 1.807) is 25.1 Å². The van der Waals surface area contributed by atoms with Gasteiger partial charge < -0.3 is 20.0 Å². The van der Waals surface area contributed by atoms with Gasteiger partial charge in [-0.2, -0.15) is 0 Å². The van der Waals surface area contributed by atoms with Gasteiger partial charge in [0.1, 0.15) is 11.5 Å². The molecule has 0 bridgehead atoms. The molecule has 6 nitrogen and oxygen atoms in total. The summed E-state index contributed by atoms with van der Waals surface area (Å²) in [4.78, 5) is 11.4. The molecule has 0 unspecified atom stereocenters. The van der Waals surface area contributed by atoms with Crippen LogP contribution in [0.2, 0.25) is 0 Å². The molecule has 0 saturated heterocycles. The van der Waals surface area contributed by atoms with E-state index >= 15 is 0 Å². The van der Waals surface area contributed by atoms with Gasteiger partial charge in [-0.05, 0) is 26.0 Å². The Bertz CT molecular complexity index is 472. The number of carbonyl (C=O) groups is 1. The molecule has 0 atom stereocenters. The molecule has 0 aromatic heterocycles. The number of oxime groups is 1. The summed E-state index contributed by atoms with van der Waals surface area (Å²) >= 11 is 0. The van der Waals surface area contributed by atoms with Crippen LogP contribution in [-0.2, 0) is 4.79 Å². The molecule has 104 valence electrons. The molecule has 1 amide bonds. The molecule has 6 heteroatoms. The van der Waals surface area contributed by atoms with Crippen molar-refractivity contribution in [3.8, 4) is 11.5 Å². The van der Waals surface area contributed by atoms with Crippen LogP contribution in [0.3, 0.4) is 0 Å². The SMILES string of the molecule is CCNC(=O)COc1cc(OC)ccc1/C(C)=N/O. The third-order valence-corrected chi connectivity index (χ3v) is 2.46. The van der Waals surface area contributed by atoms with E-state index in [9.17, 15) is 4.79 Å². The van der Waals surface area contributed by atoms with Gasteiger partial charge in [0.25, 0.3) is 5.91 Å². The molecule has 0 radical (unpaired) electrons. The Morgan fingerprint density at radius 2 is 2.21 bits per heavy atom. The lowest BCUT2D eigenvalue weighted by molar-refractivity contribution is -0.122. The lowest BCUT2D eigenvalue weighted by atomic mass is 10.1. The van der Waals surface area contributed by atoms with E-state index in [2.05, 4.69) is 10.5 Å². The standard InChI is InChI=1S/C13H18N2O4/c1-4-14-13(16)8-19-12-7-10(18-3)5-6-11(12)9(2)15-17/h5-7,17H,4,8H2,1-3H3,(H,14,16)/b15-9+. The van der Waals surface area contributed by atoms with Crippen molar-refractivity contribution >= 4 is 11.6 Å². The number of nitrogens with one attached hydrogen (secondary N) is 1. The third kappa shape index (κ3) is 4.17. The highest BCUT2D eigenvalue weighted by Gasteiger charge is 2.11. The minimum atomic E-state index is -0.213. The van der Waals surface area contributed by atoms with Crippen molar-refractivity contribution in [3.63, 3.8) is 0 Å². The largest absolute Gasteiger partial charge is 0.497 e. The lowest BCUT2D eigenvalue weighted by Crippen LogP contribution is -2.28. The molecule has 0 aliphatic heterocycles. The van der Waals surface area contributed by atoms with Crippen LogP contribution < -0.4 is 14.8 Å². The second-order valence-corrected chi connectivity index (χ2v) is 3.79. The quantitative estimate of drug-likeness (QED) is 0.463. The van der Waals surface area contributed by atoms with Crippen LogP contribution in [0.1, 0.15) is 19.4 Å². The summed E-state index contributed by atoms with van der Waals surface area (Å²) in [6.07, 6.45) is 0. The molecule has 0 fully saturated rings. The normalized spacial score (nSPS) is 11.0. The Morgan fingerprint density at radius 1 is 1.47 bits per heavy atom. The molecule has 0 saturated carbocycles. The molecule has 1 rings (SSSR count). The van der Waals surface area contributed by atoms with Crippen molar-refractivity contribution in [2.45, 2.75) is 13.8 Å². The Balaban J connectivity index is 2.92. The van der Waals surface area contributed by atoms with E-state index < -0.39 is 0 Å². The fourth-order valence-electron chi connectivity index (χ4n) is 1.49. The van der Waals surface area contributed by atoms with Gasteiger partial charge in [0.05, 0.1) is 12.8 Å². The number of hydrogen-bond donors (Lipinski definition) is 2. The van der Waals surface area contributed by atoms with Crippen LogP contribution in [0.4, 0.5) is 0 Å². The maximum atomic E-state index is 11.4. The van der Waals surface area contributed by atoms with Gasteiger partial charge in [-0.3, -0.25) is 4.79 Å². The van der Waals surface area contributed by atoms with Crippen LogP contribution in [-0.4, -0.2) is 37.1 Å². The average Bonchev–Trinajstić information content (AvgIpc) is 2.44. The van der Waals surface area contributed by atoms with Crippen molar-refractivity contribution in [2.75, 3.05) is 20.3 Å². The lowest BCUT2D eigenvalue weighted by Gasteiger charge is -2.12. The number of rotatable bonds is 6. The van der Waals surface area contributed by atoms with Gasteiger partial charge in [0.15, 0.2) is 6.61 Å². The van der Waals surface area contributed by atoms with Crippen molar-refractivity contribution in [1.29, 1.82) is 0 Å². The predicted molar refractivity (Wildman–Crippen MR) is 71.2 cm³/mol. The van der Waals surface area contributed by atoms with Gasteiger partial charge in [0.2, 0.25) is 0 Å². The summed E-state index contributed by atoms with van der Waals surface area (Å²) in [6, 6.07) is 5.08. The van der Waals surface area contributed by atoms with Crippen LogP contribution in [0, 0.1) is 0 Å². The maximum Gasteiger partial charge on any atom is 0.257 e. The third-order valence-electron chi connectivity index (χ3n) is 2.46. The predicted octanol–water partition coefficient (Wildman–Crippen LogP) is 1.41. The zero-order chi connectivity index (χ0) is 14.3. The van der Waals surface area contributed by atoms with Crippen LogP contribution >= 0.6 is 0 Å². The minimum absolute atomic E-state index is 0.104. The zero-order valence-electron chi connectivity index (χ0n) is 11.3. The highest BCUT2D eigenvalue weighted by atomic mass is 16.5. The van der Waals surface area contributed by atoms with E-state index in [1.165, 1.54) is 7.11 Å². The van der Waals surface area contributed by atoms with E-state index in [0.29, 0.717) is 29.3 Å². The summed E-state index contributed by atoms with van der Waals surface area (Å²) in [5.74, 6) is 0.816. The molecule has 0 aliphatic rings. The molecule has 2 N–H and O–H groups in total. The number of carbonyl (C=O) groups excluding carboxylic acids is 1. The first kappa shape index (κ1) is 14.8. The Kier molecular flexibility index (Phi) is 5.66. The van der Waals surface area contributed by atoms with Crippen molar-refractivity contribution in [2.24, 2.45) is 5.16 Å². The second-order valence-electron chi connectivity index (χ2n) is 3.79. The fraction of sp³-hybridized carbons (Fsp3) is 0.385. The summed E-state index contributed by atoms with van der Waals surface area (Å²) < 4.78 is 10.5.